The fraction of sp³-hybridized carbons (Fsp3) is 0.700. The smallest absolute Gasteiger partial charge is 0.490 e. The van der Waals surface area contributed by atoms with Gasteiger partial charge >= 0.3 is 6.36 Å². The minimum absolute atomic E-state index is 0.0907. The molecular formula is C50H74F5N5O4S. The number of unbranched alkanes of at least 4 members (excludes halogenated alkanes) is 15. The number of sulfone groups is 1. The van der Waals surface area contributed by atoms with Crippen LogP contribution in [-0.4, -0.2) is 112 Å². The number of ether oxygens (including phenoxy) is 2. The molecule has 4 heterocycles. The predicted octanol–water partition coefficient (Wildman–Crippen LogP) is 12.0. The van der Waals surface area contributed by atoms with Crippen LogP contribution in [0.25, 0.3) is 10.9 Å². The quantitative estimate of drug-likeness (QED) is 0.0610. The Kier molecular flexibility index (Phi) is 19.8. The normalized spacial score (nSPS) is 17.9. The van der Waals surface area contributed by atoms with Crippen molar-refractivity contribution in [3.05, 3.63) is 48.2 Å². The summed E-state index contributed by atoms with van der Waals surface area (Å²) in [7, 11) is -4.79. The maximum absolute atomic E-state index is 15.9. The molecule has 2 aromatic carbocycles. The molecule has 9 nitrogen and oxygen atoms in total. The highest BCUT2D eigenvalue weighted by Gasteiger charge is 2.36. The Balaban J connectivity index is 1.05. The summed E-state index contributed by atoms with van der Waals surface area (Å²) in [5.74, 6) is -3.91. The third-order valence-corrected chi connectivity index (χ3v) is 15.8. The molecule has 364 valence electrons. The van der Waals surface area contributed by atoms with Crippen LogP contribution >= 0.6 is 0 Å². The Morgan fingerprint density at radius 1 is 0.646 bits per heavy atom. The minimum Gasteiger partial charge on any atom is -0.490 e. The van der Waals surface area contributed by atoms with Crippen molar-refractivity contribution < 1.29 is 39.8 Å². The van der Waals surface area contributed by atoms with E-state index < -0.39 is 43.4 Å². The zero-order valence-corrected chi connectivity index (χ0v) is 39.8. The van der Waals surface area contributed by atoms with E-state index in [4.69, 9.17) is 4.74 Å². The van der Waals surface area contributed by atoms with Crippen LogP contribution in [0.4, 0.5) is 27.6 Å². The average Bonchev–Trinajstić information content (AvgIpc) is 3.30. The molecule has 0 N–H and O–H groups in total. The molecule has 0 saturated carbocycles. The second-order valence-corrected chi connectivity index (χ2v) is 20.4. The van der Waals surface area contributed by atoms with Crippen molar-refractivity contribution in [2.24, 2.45) is 0 Å². The van der Waals surface area contributed by atoms with Gasteiger partial charge in [-0.2, -0.15) is 4.39 Å². The van der Waals surface area contributed by atoms with Crippen LogP contribution in [0.5, 0.6) is 11.5 Å². The number of pyridine rings is 1. The third kappa shape index (κ3) is 14.6. The van der Waals surface area contributed by atoms with Gasteiger partial charge in [0.05, 0.1) is 17.8 Å². The number of alkyl halides is 3. The molecule has 0 aliphatic carbocycles. The summed E-state index contributed by atoms with van der Waals surface area (Å²) >= 11 is 0. The number of piperazine rings is 1. The SMILES string of the molecule is CCCCCCCCCCCCCCCCCCOc1ccc(S(=O)(=O)c2cnc3ccc(OC(F)(F)F)cc3c2N2CCC(N3CCN(C4CCN(CC)CC4)CC3)CC2)c(F)c1F. The first-order chi connectivity index (χ1) is 31.4. The van der Waals surface area contributed by atoms with Crippen molar-refractivity contribution in [3.8, 4) is 11.5 Å². The van der Waals surface area contributed by atoms with E-state index in [0.29, 0.717) is 38.4 Å². The van der Waals surface area contributed by atoms with Gasteiger partial charge in [-0.05, 0) is 82.1 Å². The Bertz CT molecular complexity index is 2020. The van der Waals surface area contributed by atoms with Crippen LogP contribution in [0.3, 0.4) is 0 Å². The predicted molar refractivity (Wildman–Crippen MR) is 249 cm³/mol. The molecule has 0 bridgehead atoms. The second kappa shape index (κ2) is 25.2. The number of fused-ring (bicyclic) bond motifs is 1. The van der Waals surface area contributed by atoms with Gasteiger partial charge in [0.2, 0.25) is 15.7 Å². The molecule has 6 rings (SSSR count). The highest BCUT2D eigenvalue weighted by atomic mass is 32.2. The molecule has 0 spiro atoms. The van der Waals surface area contributed by atoms with Gasteiger partial charge in [0.1, 0.15) is 15.5 Å². The first kappa shape index (κ1) is 51.1. The van der Waals surface area contributed by atoms with E-state index in [-0.39, 0.29) is 35.0 Å². The molecule has 0 amide bonds. The molecule has 1 aromatic heterocycles. The first-order valence-corrected chi connectivity index (χ1v) is 26.4. The van der Waals surface area contributed by atoms with E-state index in [2.05, 4.69) is 38.3 Å². The number of likely N-dealkylation sites (tertiary alicyclic amines) is 1. The lowest BCUT2D eigenvalue weighted by Crippen LogP contribution is -2.56. The van der Waals surface area contributed by atoms with Crippen molar-refractivity contribution in [3.63, 3.8) is 0 Å². The maximum Gasteiger partial charge on any atom is 0.573 e. The molecule has 3 fully saturated rings. The largest absolute Gasteiger partial charge is 0.573 e. The summed E-state index contributed by atoms with van der Waals surface area (Å²) in [6.07, 6.45) is 19.2. The van der Waals surface area contributed by atoms with Gasteiger partial charge in [0.25, 0.3) is 0 Å². The zero-order chi connectivity index (χ0) is 46.2. The molecule has 3 saturated heterocycles. The number of hydrogen-bond acceptors (Lipinski definition) is 9. The molecule has 0 atom stereocenters. The average molecular weight is 936 g/mol. The molecule has 3 aromatic rings. The Labute approximate surface area is 385 Å². The number of hydrogen-bond donors (Lipinski definition) is 0. The van der Waals surface area contributed by atoms with E-state index in [0.717, 1.165) is 95.5 Å². The van der Waals surface area contributed by atoms with Crippen LogP contribution in [-0.2, 0) is 9.84 Å². The van der Waals surface area contributed by atoms with E-state index in [9.17, 15) is 21.6 Å². The van der Waals surface area contributed by atoms with Crippen LogP contribution in [0.1, 0.15) is 142 Å². The Morgan fingerprint density at radius 3 is 1.69 bits per heavy atom. The second-order valence-electron chi connectivity index (χ2n) is 18.5. The zero-order valence-electron chi connectivity index (χ0n) is 39.0. The van der Waals surface area contributed by atoms with Gasteiger partial charge in [-0.3, -0.25) is 14.8 Å². The van der Waals surface area contributed by atoms with Crippen LogP contribution < -0.4 is 14.4 Å². The molecule has 3 aliphatic heterocycles. The van der Waals surface area contributed by atoms with Gasteiger partial charge in [0.15, 0.2) is 11.6 Å². The lowest BCUT2D eigenvalue weighted by molar-refractivity contribution is -0.274. The summed E-state index contributed by atoms with van der Waals surface area (Å²) in [6, 6.07) is 6.53. The number of aromatic nitrogens is 1. The monoisotopic (exact) mass is 936 g/mol. The molecular weight excluding hydrogens is 862 g/mol. The van der Waals surface area contributed by atoms with Crippen molar-refractivity contribution in [2.45, 2.75) is 171 Å². The maximum atomic E-state index is 15.9. The fourth-order valence-electron chi connectivity index (χ4n) is 10.2. The van der Waals surface area contributed by atoms with Gasteiger partial charge in [0, 0.05) is 62.9 Å². The highest BCUT2D eigenvalue weighted by Crippen LogP contribution is 2.41. The lowest BCUT2D eigenvalue weighted by atomic mass is 9.99. The topological polar surface area (TPSA) is 78.4 Å². The summed E-state index contributed by atoms with van der Waals surface area (Å²) < 4.78 is 110. The van der Waals surface area contributed by atoms with Gasteiger partial charge in [-0.25, -0.2) is 12.8 Å². The van der Waals surface area contributed by atoms with E-state index in [1.165, 1.54) is 96.0 Å². The number of benzene rings is 2. The number of piperidine rings is 2. The number of anilines is 1. The summed E-state index contributed by atoms with van der Waals surface area (Å²) in [4.78, 5) is 12.4. The molecule has 65 heavy (non-hydrogen) atoms. The number of halogens is 5. The number of nitrogens with zero attached hydrogens (tertiary/aromatic N) is 5. The van der Waals surface area contributed by atoms with Crippen LogP contribution in [0.15, 0.2) is 46.3 Å². The summed E-state index contributed by atoms with van der Waals surface area (Å²) in [5, 5.41) is 0.105. The van der Waals surface area contributed by atoms with E-state index in [1.807, 2.05) is 4.90 Å². The molecule has 0 unspecified atom stereocenters. The minimum atomic E-state index is -4.99. The van der Waals surface area contributed by atoms with Gasteiger partial charge < -0.3 is 19.3 Å². The standard InChI is InChI=1S/C50H74F5N5O4S/c1-3-5-6-7-8-9-10-11-12-13-14-15-16-17-18-19-36-63-44-22-23-45(48(52)47(44)51)65(61,62)46-38-56-43-21-20-41(64-50(53,54)55)37-42(43)49(46)60-30-26-40(27-31-60)59-34-32-58(33-35-59)39-24-28-57(4-2)29-25-39/h20-23,37-40H,3-19,24-36H2,1-2H3. The summed E-state index contributed by atoms with van der Waals surface area (Å²) in [6.45, 7) is 12.6. The molecule has 0 radical (unpaired) electrons. The lowest BCUT2D eigenvalue weighted by Gasteiger charge is -2.46. The number of rotatable bonds is 25. The fourth-order valence-corrected chi connectivity index (χ4v) is 11.7. The van der Waals surface area contributed by atoms with Crippen molar-refractivity contribution in [1.82, 2.24) is 19.7 Å². The van der Waals surface area contributed by atoms with E-state index >= 15 is 8.78 Å². The van der Waals surface area contributed by atoms with Gasteiger partial charge in [-0.1, -0.05) is 110 Å². The Morgan fingerprint density at radius 2 is 1.17 bits per heavy atom. The Hall–Kier alpha value is -3.27. The highest BCUT2D eigenvalue weighted by molar-refractivity contribution is 7.91. The van der Waals surface area contributed by atoms with Crippen LogP contribution in [0, 0.1) is 11.6 Å². The van der Waals surface area contributed by atoms with E-state index in [1.54, 1.807) is 0 Å². The molecule has 3 aliphatic rings. The van der Waals surface area contributed by atoms with Crippen molar-refractivity contribution >= 4 is 26.4 Å². The van der Waals surface area contributed by atoms with Crippen molar-refractivity contribution in [2.75, 3.05) is 70.4 Å². The third-order valence-electron chi connectivity index (χ3n) is 14.0. The van der Waals surface area contributed by atoms with Crippen LogP contribution in [0.2, 0.25) is 0 Å². The summed E-state index contributed by atoms with van der Waals surface area (Å²) in [5.41, 5.74) is 0.328. The van der Waals surface area contributed by atoms with Crippen molar-refractivity contribution in [1.29, 1.82) is 0 Å². The van der Waals surface area contributed by atoms with Gasteiger partial charge in [-0.15, -0.1) is 13.2 Å². The first-order valence-electron chi connectivity index (χ1n) is 24.9. The molecule has 15 heteroatoms.